The van der Waals surface area contributed by atoms with Crippen molar-refractivity contribution in [3.8, 4) is 5.75 Å². The van der Waals surface area contributed by atoms with E-state index in [9.17, 15) is 25.2 Å². The Morgan fingerprint density at radius 1 is 1.30 bits per heavy atom. The minimum Gasteiger partial charge on any atom is -0.550 e. The van der Waals surface area contributed by atoms with Gasteiger partial charge in [-0.2, -0.15) is 0 Å². The molecule has 0 aromatic heterocycles. The van der Waals surface area contributed by atoms with Crippen molar-refractivity contribution in [2.75, 3.05) is 6.61 Å². The number of halogens is 1. The van der Waals surface area contributed by atoms with Crippen LogP contribution in [0.25, 0.3) is 0 Å². The molecule has 5 atom stereocenters. The second-order valence-electron chi connectivity index (χ2n) is 7.30. The van der Waals surface area contributed by atoms with Crippen LogP contribution in [0, 0.1) is 11.8 Å². The summed E-state index contributed by atoms with van der Waals surface area (Å²) >= 11 is 5.89. The van der Waals surface area contributed by atoms with Crippen LogP contribution in [0.1, 0.15) is 32.1 Å². The maximum absolute atomic E-state index is 10.4. The molecule has 1 aliphatic carbocycles. The van der Waals surface area contributed by atoms with Crippen molar-refractivity contribution in [2.45, 2.75) is 50.4 Å². The van der Waals surface area contributed by atoms with Crippen molar-refractivity contribution in [3.63, 3.8) is 0 Å². The molecule has 0 amide bonds. The summed E-state index contributed by atoms with van der Waals surface area (Å²) < 4.78 is 5.50. The molecule has 0 bridgehead atoms. The van der Waals surface area contributed by atoms with Crippen LogP contribution in [-0.4, -0.2) is 46.2 Å². The van der Waals surface area contributed by atoms with Crippen LogP contribution in [0.4, 0.5) is 0 Å². The average molecular weight is 447 g/mol. The molecule has 3 N–H and O–H groups in total. The number of benzene rings is 1. The number of aliphatic hydroxyl groups excluding tert-OH is 3. The van der Waals surface area contributed by atoms with Crippen LogP contribution in [0.3, 0.4) is 0 Å². The molecule has 1 aromatic carbocycles. The van der Waals surface area contributed by atoms with E-state index in [2.05, 4.69) is 0 Å². The van der Waals surface area contributed by atoms with Crippen LogP contribution >= 0.6 is 11.6 Å². The maximum atomic E-state index is 10.4. The second kappa shape index (κ2) is 14.2. The van der Waals surface area contributed by atoms with Crippen molar-refractivity contribution in [1.82, 2.24) is 0 Å². The Bertz CT molecular complexity index is 711. The van der Waals surface area contributed by atoms with E-state index in [0.29, 0.717) is 30.0 Å². The van der Waals surface area contributed by atoms with E-state index in [-0.39, 0.29) is 60.8 Å². The van der Waals surface area contributed by atoms with E-state index in [1.165, 1.54) is 0 Å². The summed E-state index contributed by atoms with van der Waals surface area (Å²) in [6, 6.07) is 6.89. The van der Waals surface area contributed by atoms with Gasteiger partial charge < -0.3 is 30.0 Å². The van der Waals surface area contributed by atoms with Gasteiger partial charge in [0.1, 0.15) is 18.5 Å². The Kier molecular flexibility index (Phi) is 12.9. The standard InChI is InChI=1S/C22H29ClO6.Na/c23-15-6-5-7-17(12-15)29-14-16(24)10-11-19-18(20(25)13-21(19)26)8-3-1-2-4-9-22(27)28;/h1,3,5-7,10-12,16,18-21,24-26H,2,4,8-9,13-14H2,(H,27,28);/q;+1/p-1/b3-1+,11-10+;/t16-,18-,19?,20+,21-;/m1./s1. The zero-order valence-corrected chi connectivity index (χ0v) is 19.9. The third-order valence-corrected chi connectivity index (χ3v) is 5.25. The van der Waals surface area contributed by atoms with Crippen LogP contribution in [-0.2, 0) is 4.79 Å². The molecule has 1 fully saturated rings. The number of unbranched alkanes of at least 4 members (excludes halogenated alkanes) is 1. The Hall–Kier alpha value is -0.860. The first kappa shape index (κ1) is 27.2. The summed E-state index contributed by atoms with van der Waals surface area (Å²) in [6.45, 7) is 0.0468. The molecule has 1 unspecified atom stereocenters. The van der Waals surface area contributed by atoms with Crippen molar-refractivity contribution < 1.29 is 59.5 Å². The molecular weight excluding hydrogens is 419 g/mol. The van der Waals surface area contributed by atoms with E-state index >= 15 is 0 Å². The predicted molar refractivity (Wildman–Crippen MR) is 108 cm³/mol. The summed E-state index contributed by atoms with van der Waals surface area (Å²) in [7, 11) is 0. The third-order valence-electron chi connectivity index (χ3n) is 5.01. The van der Waals surface area contributed by atoms with Gasteiger partial charge in [0, 0.05) is 23.3 Å². The molecule has 0 spiro atoms. The van der Waals surface area contributed by atoms with Gasteiger partial charge in [-0.3, -0.25) is 0 Å². The first-order chi connectivity index (χ1) is 13.9. The summed E-state index contributed by atoms with van der Waals surface area (Å²) in [6.07, 6.45) is 6.93. The Labute approximate surface area is 204 Å². The number of carbonyl (C=O) groups excluding carboxylic acids is 1. The van der Waals surface area contributed by atoms with Crippen LogP contribution < -0.4 is 39.4 Å². The zero-order chi connectivity index (χ0) is 21.2. The van der Waals surface area contributed by atoms with E-state index in [4.69, 9.17) is 16.3 Å². The molecule has 1 aliphatic rings. The molecule has 8 heteroatoms. The number of carboxylic acid groups (broad SMARTS) is 1. The Morgan fingerprint density at radius 3 is 2.77 bits per heavy atom. The largest absolute Gasteiger partial charge is 1.00 e. The molecule has 0 radical (unpaired) electrons. The van der Waals surface area contributed by atoms with E-state index < -0.39 is 24.3 Å². The fourth-order valence-corrected chi connectivity index (χ4v) is 3.67. The number of allylic oxidation sites excluding steroid dienone is 2. The zero-order valence-electron chi connectivity index (χ0n) is 17.2. The van der Waals surface area contributed by atoms with E-state index in [1.54, 1.807) is 36.4 Å². The van der Waals surface area contributed by atoms with Gasteiger partial charge >= 0.3 is 29.6 Å². The fourth-order valence-electron chi connectivity index (χ4n) is 3.49. The van der Waals surface area contributed by atoms with Gasteiger partial charge in [0.25, 0.3) is 0 Å². The van der Waals surface area contributed by atoms with Gasteiger partial charge in [0.15, 0.2) is 0 Å². The molecule has 0 saturated heterocycles. The van der Waals surface area contributed by atoms with Crippen molar-refractivity contribution in [2.24, 2.45) is 11.8 Å². The monoisotopic (exact) mass is 446 g/mol. The number of hydrogen-bond donors (Lipinski definition) is 3. The molecule has 30 heavy (non-hydrogen) atoms. The molecule has 0 heterocycles. The summed E-state index contributed by atoms with van der Waals surface area (Å²) in [5, 5.41) is 41.6. The average Bonchev–Trinajstić information content (AvgIpc) is 2.93. The normalized spacial score (nSPS) is 24.8. The number of hydrogen-bond acceptors (Lipinski definition) is 6. The summed E-state index contributed by atoms with van der Waals surface area (Å²) in [5.74, 6) is -0.947. The first-order valence-corrected chi connectivity index (χ1v) is 10.2. The van der Waals surface area contributed by atoms with Crippen molar-refractivity contribution in [3.05, 3.63) is 53.6 Å². The van der Waals surface area contributed by atoms with Gasteiger partial charge in [-0.15, -0.1) is 0 Å². The molecule has 6 nitrogen and oxygen atoms in total. The number of rotatable bonds is 11. The third kappa shape index (κ3) is 9.52. The van der Waals surface area contributed by atoms with Gasteiger partial charge in [0.2, 0.25) is 0 Å². The Morgan fingerprint density at radius 2 is 2.07 bits per heavy atom. The second-order valence-corrected chi connectivity index (χ2v) is 7.74. The molecule has 1 saturated carbocycles. The fraction of sp³-hybridized carbons (Fsp3) is 0.500. The molecule has 0 aliphatic heterocycles. The summed E-state index contributed by atoms with van der Waals surface area (Å²) in [5.41, 5.74) is 0. The maximum Gasteiger partial charge on any atom is 1.00 e. The van der Waals surface area contributed by atoms with Gasteiger partial charge in [-0.25, -0.2) is 0 Å². The minimum absolute atomic E-state index is 0. The number of carboxylic acids is 1. The minimum atomic E-state index is -1.06. The molecular formula is C22H28ClNaO6. The van der Waals surface area contributed by atoms with Gasteiger partial charge in [-0.05, 0) is 49.8 Å². The van der Waals surface area contributed by atoms with E-state index in [0.717, 1.165) is 0 Å². The van der Waals surface area contributed by atoms with Crippen LogP contribution in [0.15, 0.2) is 48.6 Å². The Balaban J connectivity index is 0.00000450. The summed E-state index contributed by atoms with van der Waals surface area (Å²) in [4.78, 5) is 10.4. The molecule has 2 rings (SSSR count). The quantitative estimate of drug-likeness (QED) is 0.225. The topological polar surface area (TPSA) is 110 Å². The number of carbonyl (C=O) groups is 1. The van der Waals surface area contributed by atoms with Crippen LogP contribution in [0.2, 0.25) is 5.02 Å². The molecule has 1 aromatic rings. The van der Waals surface area contributed by atoms with Crippen molar-refractivity contribution >= 4 is 17.6 Å². The van der Waals surface area contributed by atoms with E-state index in [1.807, 2.05) is 12.2 Å². The number of aliphatic carboxylic acids is 1. The van der Waals surface area contributed by atoms with Gasteiger partial charge in [0.05, 0.1) is 12.2 Å². The van der Waals surface area contributed by atoms with Crippen molar-refractivity contribution in [1.29, 1.82) is 0 Å². The SMILES string of the molecule is O=C([O-])CCC/C=C/C[C@@H]1C(/C=C/[C@@H](O)COc2cccc(Cl)c2)[C@H](O)C[C@@H]1O.[Na+]. The number of ether oxygens (including phenoxy) is 1. The van der Waals surface area contributed by atoms with Crippen LogP contribution in [0.5, 0.6) is 5.75 Å². The smallest absolute Gasteiger partial charge is 0.550 e. The first-order valence-electron chi connectivity index (χ1n) is 9.82. The molecule has 160 valence electrons. The number of aliphatic hydroxyl groups is 3. The van der Waals surface area contributed by atoms with Gasteiger partial charge in [-0.1, -0.05) is 42.0 Å². The predicted octanol–water partition coefficient (Wildman–Crippen LogP) is -1.14.